The highest BCUT2D eigenvalue weighted by Crippen LogP contribution is 2.55. The lowest BCUT2D eigenvalue weighted by Gasteiger charge is -2.56. The lowest BCUT2D eigenvalue weighted by molar-refractivity contribution is -0.0166. The third kappa shape index (κ3) is 3.62. The van der Waals surface area contributed by atoms with E-state index < -0.39 is 0 Å². The molecule has 1 aromatic heterocycles. The first-order valence-electron chi connectivity index (χ1n) is 9.85. The van der Waals surface area contributed by atoms with Gasteiger partial charge in [-0.1, -0.05) is 17.7 Å². The lowest BCUT2D eigenvalue weighted by atomic mass is 9.53. The second-order valence-electron chi connectivity index (χ2n) is 8.72. The van der Waals surface area contributed by atoms with Gasteiger partial charge in [0, 0.05) is 16.1 Å². The van der Waals surface area contributed by atoms with Crippen molar-refractivity contribution in [2.75, 3.05) is 0 Å². The Morgan fingerprint density at radius 3 is 2.52 bits per heavy atom. The Balaban J connectivity index is 1.23. The molecule has 0 radical (unpaired) electrons. The number of benzene rings is 1. The topological polar surface area (TPSA) is 38.3 Å². The predicted molar refractivity (Wildman–Crippen MR) is 108 cm³/mol. The monoisotopic (exact) mass is 401 g/mol. The summed E-state index contributed by atoms with van der Waals surface area (Å²) in [6.45, 7) is 0.446. The quantitative estimate of drug-likeness (QED) is 0.699. The van der Waals surface area contributed by atoms with E-state index in [1.165, 1.54) is 49.9 Å². The molecule has 3 nitrogen and oxygen atoms in total. The fourth-order valence-electron chi connectivity index (χ4n) is 5.86. The van der Waals surface area contributed by atoms with Gasteiger partial charge in [-0.2, -0.15) is 0 Å². The van der Waals surface area contributed by atoms with Crippen LogP contribution >= 0.6 is 22.9 Å². The molecule has 27 heavy (non-hydrogen) atoms. The number of hydrogen-bond acceptors (Lipinski definition) is 3. The maximum Gasteiger partial charge on any atom is 0.261 e. The molecule has 142 valence electrons. The van der Waals surface area contributed by atoms with E-state index in [2.05, 4.69) is 5.32 Å². The molecule has 4 bridgehead atoms. The lowest BCUT2D eigenvalue weighted by Crippen LogP contribution is -2.59. The maximum atomic E-state index is 12.9. The van der Waals surface area contributed by atoms with Crippen molar-refractivity contribution in [1.82, 2.24) is 5.32 Å². The average molecular weight is 402 g/mol. The highest BCUT2D eigenvalue weighted by Gasteiger charge is 2.51. The first kappa shape index (κ1) is 17.6. The molecule has 5 heteroatoms. The molecule has 0 aliphatic heterocycles. The molecule has 1 N–H and O–H groups in total. The van der Waals surface area contributed by atoms with Crippen LogP contribution in [-0.2, 0) is 6.61 Å². The van der Waals surface area contributed by atoms with Gasteiger partial charge in [0.2, 0.25) is 0 Å². The number of ether oxygens (including phenoxy) is 1. The van der Waals surface area contributed by atoms with Crippen LogP contribution in [0.2, 0.25) is 5.02 Å². The zero-order chi connectivity index (χ0) is 18.4. The van der Waals surface area contributed by atoms with Gasteiger partial charge in [-0.15, -0.1) is 11.3 Å². The summed E-state index contributed by atoms with van der Waals surface area (Å²) in [5.41, 5.74) is 1.09. The van der Waals surface area contributed by atoms with Gasteiger partial charge in [-0.05, 0) is 85.9 Å². The average Bonchev–Trinajstić information content (AvgIpc) is 3.08. The van der Waals surface area contributed by atoms with Crippen LogP contribution in [0.1, 0.15) is 53.8 Å². The third-order valence-electron chi connectivity index (χ3n) is 6.50. The van der Waals surface area contributed by atoms with Gasteiger partial charge >= 0.3 is 0 Å². The molecule has 1 heterocycles. The van der Waals surface area contributed by atoms with Crippen LogP contribution in [0, 0.1) is 17.8 Å². The Bertz CT molecular complexity index is 826. The van der Waals surface area contributed by atoms with Gasteiger partial charge in [0.15, 0.2) is 0 Å². The Labute approximate surface area is 169 Å². The zero-order valence-corrected chi connectivity index (χ0v) is 16.8. The second kappa shape index (κ2) is 6.82. The Morgan fingerprint density at radius 1 is 1.15 bits per heavy atom. The van der Waals surface area contributed by atoms with E-state index in [-0.39, 0.29) is 11.4 Å². The minimum atomic E-state index is 0.0628. The number of thiophene rings is 1. The SMILES string of the molecule is O=C(NC12CC3CC(CC(C3)C1)C2)c1cc(COc2cccc(Cl)c2)cs1. The van der Waals surface area contributed by atoms with E-state index in [9.17, 15) is 4.79 Å². The van der Waals surface area contributed by atoms with Crippen molar-refractivity contribution in [2.24, 2.45) is 17.8 Å². The second-order valence-corrected chi connectivity index (χ2v) is 10.1. The van der Waals surface area contributed by atoms with E-state index in [1.54, 1.807) is 6.07 Å². The van der Waals surface area contributed by atoms with E-state index in [0.717, 1.165) is 33.9 Å². The molecule has 4 aliphatic rings. The van der Waals surface area contributed by atoms with Crippen molar-refractivity contribution in [1.29, 1.82) is 0 Å². The molecule has 1 amide bonds. The Morgan fingerprint density at radius 2 is 1.85 bits per heavy atom. The largest absolute Gasteiger partial charge is 0.489 e. The number of carbonyl (C=O) groups is 1. The molecule has 4 saturated carbocycles. The summed E-state index contributed by atoms with van der Waals surface area (Å²) in [4.78, 5) is 13.7. The van der Waals surface area contributed by atoms with Crippen molar-refractivity contribution >= 4 is 28.8 Å². The summed E-state index contributed by atoms with van der Waals surface area (Å²) in [6.07, 6.45) is 7.71. The number of rotatable bonds is 5. The molecule has 0 unspecified atom stereocenters. The van der Waals surface area contributed by atoms with E-state index in [4.69, 9.17) is 16.3 Å². The van der Waals surface area contributed by atoms with Gasteiger partial charge < -0.3 is 10.1 Å². The van der Waals surface area contributed by atoms with Crippen LogP contribution in [0.5, 0.6) is 5.75 Å². The molecule has 0 spiro atoms. The molecule has 1 aromatic carbocycles. The van der Waals surface area contributed by atoms with Gasteiger partial charge in [0.25, 0.3) is 5.91 Å². The van der Waals surface area contributed by atoms with Gasteiger partial charge in [-0.3, -0.25) is 4.79 Å². The van der Waals surface area contributed by atoms with Crippen molar-refractivity contribution in [3.63, 3.8) is 0 Å². The fourth-order valence-corrected chi connectivity index (χ4v) is 6.83. The Hall–Kier alpha value is -1.52. The standard InChI is InChI=1S/C22H24ClNO2S/c23-18-2-1-3-19(8-18)26-12-17-7-20(27-13-17)21(25)24-22-9-14-4-15(10-22)6-16(5-14)11-22/h1-3,7-8,13-16H,4-6,9-12H2,(H,24,25). The van der Waals surface area contributed by atoms with Crippen molar-refractivity contribution in [2.45, 2.75) is 50.7 Å². The molecule has 4 aliphatic carbocycles. The predicted octanol–water partition coefficient (Wildman–Crippen LogP) is 5.68. The summed E-state index contributed by atoms with van der Waals surface area (Å²) >= 11 is 7.50. The minimum Gasteiger partial charge on any atom is -0.489 e. The van der Waals surface area contributed by atoms with Gasteiger partial charge in [0.05, 0.1) is 4.88 Å². The molecule has 2 aromatic rings. The van der Waals surface area contributed by atoms with Gasteiger partial charge in [0.1, 0.15) is 12.4 Å². The van der Waals surface area contributed by atoms with Crippen molar-refractivity contribution < 1.29 is 9.53 Å². The first-order valence-corrected chi connectivity index (χ1v) is 11.1. The summed E-state index contributed by atoms with van der Waals surface area (Å²) in [5, 5.41) is 6.12. The molecular formula is C22H24ClNO2S. The highest BCUT2D eigenvalue weighted by molar-refractivity contribution is 7.12. The van der Waals surface area contributed by atoms with Crippen LogP contribution in [0.3, 0.4) is 0 Å². The van der Waals surface area contributed by atoms with Crippen LogP contribution < -0.4 is 10.1 Å². The number of amides is 1. The summed E-state index contributed by atoms with van der Waals surface area (Å²) in [6, 6.07) is 9.35. The third-order valence-corrected chi connectivity index (χ3v) is 7.71. The van der Waals surface area contributed by atoms with E-state index in [0.29, 0.717) is 11.6 Å². The number of hydrogen-bond donors (Lipinski definition) is 1. The number of carbonyl (C=O) groups excluding carboxylic acids is 1. The fraction of sp³-hybridized carbons (Fsp3) is 0.500. The number of halogens is 1. The smallest absolute Gasteiger partial charge is 0.261 e. The minimum absolute atomic E-state index is 0.0628. The van der Waals surface area contributed by atoms with Gasteiger partial charge in [-0.25, -0.2) is 0 Å². The molecular weight excluding hydrogens is 378 g/mol. The molecule has 0 atom stereocenters. The highest BCUT2D eigenvalue weighted by atomic mass is 35.5. The zero-order valence-electron chi connectivity index (χ0n) is 15.2. The van der Waals surface area contributed by atoms with Crippen LogP contribution in [0.4, 0.5) is 0 Å². The van der Waals surface area contributed by atoms with E-state index in [1.807, 2.05) is 29.6 Å². The normalized spacial score (nSPS) is 31.1. The van der Waals surface area contributed by atoms with E-state index >= 15 is 0 Å². The molecule has 6 rings (SSSR count). The first-order chi connectivity index (χ1) is 13.1. The van der Waals surface area contributed by atoms with Crippen molar-refractivity contribution in [3.05, 3.63) is 51.2 Å². The number of nitrogens with one attached hydrogen (secondary N) is 1. The Kier molecular flexibility index (Phi) is 4.44. The summed E-state index contributed by atoms with van der Waals surface area (Å²) in [5.74, 6) is 3.34. The van der Waals surface area contributed by atoms with Crippen LogP contribution in [-0.4, -0.2) is 11.4 Å². The van der Waals surface area contributed by atoms with Crippen LogP contribution in [0.15, 0.2) is 35.7 Å². The molecule has 0 saturated heterocycles. The van der Waals surface area contributed by atoms with Crippen LogP contribution in [0.25, 0.3) is 0 Å². The van der Waals surface area contributed by atoms with Crippen molar-refractivity contribution in [3.8, 4) is 5.75 Å². The summed E-state index contributed by atoms with van der Waals surface area (Å²) < 4.78 is 5.79. The molecule has 4 fully saturated rings. The summed E-state index contributed by atoms with van der Waals surface area (Å²) in [7, 11) is 0. The maximum absolute atomic E-state index is 12.9.